The van der Waals surface area contributed by atoms with E-state index in [1.165, 1.54) is 4.88 Å². The van der Waals surface area contributed by atoms with Crippen molar-refractivity contribution in [2.24, 2.45) is 10.9 Å². The third-order valence-corrected chi connectivity index (χ3v) is 6.88. The van der Waals surface area contributed by atoms with Gasteiger partial charge >= 0.3 is 0 Å². The Labute approximate surface area is 186 Å². The zero-order valence-electron chi connectivity index (χ0n) is 18.7. The molecule has 0 amide bonds. The minimum atomic E-state index is -0.356. The first-order valence-electron chi connectivity index (χ1n) is 10.9. The minimum Gasteiger partial charge on any atom is -0.476 e. The van der Waals surface area contributed by atoms with E-state index in [1.54, 1.807) is 29.7 Å². The largest absolute Gasteiger partial charge is 0.476 e. The number of thiophene rings is 1. The molecule has 1 aliphatic heterocycles. The summed E-state index contributed by atoms with van der Waals surface area (Å²) in [5, 5.41) is 12.1. The van der Waals surface area contributed by atoms with Gasteiger partial charge in [-0.05, 0) is 49.8 Å². The first kappa shape index (κ1) is 24.3. The lowest BCUT2D eigenvalue weighted by atomic mass is 9.73. The van der Waals surface area contributed by atoms with Crippen LogP contribution in [0.25, 0.3) is 0 Å². The van der Waals surface area contributed by atoms with Gasteiger partial charge in [0.1, 0.15) is 6.61 Å². The number of ether oxygens (including phenoxy) is 1. The number of piperazine rings is 1. The maximum Gasteiger partial charge on any atom is 0.212 e. The quantitative estimate of drug-likeness (QED) is 0.275. The number of allylic oxidation sites excluding steroid dienone is 2. The Morgan fingerprint density at radius 3 is 2.57 bits per heavy atom. The van der Waals surface area contributed by atoms with Crippen molar-refractivity contribution < 1.29 is 4.74 Å². The first-order valence-corrected chi connectivity index (χ1v) is 11.8. The van der Waals surface area contributed by atoms with E-state index in [1.807, 2.05) is 6.92 Å². The second-order valence-corrected chi connectivity index (χ2v) is 8.93. The van der Waals surface area contributed by atoms with Crippen molar-refractivity contribution in [3.05, 3.63) is 47.0 Å². The molecular formula is C24H36N4OS. The molecule has 1 saturated heterocycles. The first-order chi connectivity index (χ1) is 14.6. The molecule has 30 heavy (non-hydrogen) atoms. The van der Waals surface area contributed by atoms with Crippen LogP contribution in [0.3, 0.4) is 0 Å². The highest BCUT2D eigenvalue weighted by molar-refractivity contribution is 7.10. The number of rotatable bonds is 12. The molecule has 0 N–H and O–H groups in total. The highest BCUT2D eigenvalue weighted by Gasteiger charge is 2.36. The molecule has 2 heterocycles. The van der Waals surface area contributed by atoms with Gasteiger partial charge in [-0.15, -0.1) is 11.3 Å². The van der Waals surface area contributed by atoms with Gasteiger partial charge < -0.3 is 9.64 Å². The molecule has 164 valence electrons. The van der Waals surface area contributed by atoms with Crippen LogP contribution >= 0.6 is 11.3 Å². The number of hydrogen-bond donors (Lipinski definition) is 0. The fraction of sp³-hybridized carbons (Fsp3) is 0.583. The standard InChI is InChI=1S/C24H36N4OS/c1-5-9-23(26-6-2)29-18-17-28-15-13-27(14-16-28)12-8-11-24(20-25,21(3)4)22-10-7-19-30-22/h5-7,9-10,19,21H,1,8,11-18H2,2-4H3/b23-9+,26-6+. The van der Waals surface area contributed by atoms with Crippen molar-refractivity contribution in [3.8, 4) is 6.07 Å². The van der Waals surface area contributed by atoms with Gasteiger partial charge in [0, 0.05) is 43.8 Å². The average Bonchev–Trinajstić information content (AvgIpc) is 3.28. The second-order valence-electron chi connectivity index (χ2n) is 7.98. The molecule has 0 radical (unpaired) electrons. The molecule has 1 aromatic heterocycles. The molecule has 0 aromatic carbocycles. The van der Waals surface area contributed by atoms with Crippen LogP contribution < -0.4 is 0 Å². The Bertz CT molecular complexity index is 727. The zero-order chi connectivity index (χ0) is 21.8. The van der Waals surface area contributed by atoms with Gasteiger partial charge in [-0.1, -0.05) is 32.6 Å². The van der Waals surface area contributed by atoms with E-state index in [9.17, 15) is 5.26 Å². The third-order valence-electron chi connectivity index (χ3n) is 5.83. The molecule has 5 nitrogen and oxygen atoms in total. The van der Waals surface area contributed by atoms with E-state index >= 15 is 0 Å². The van der Waals surface area contributed by atoms with E-state index in [2.05, 4.69) is 58.8 Å². The van der Waals surface area contributed by atoms with E-state index in [4.69, 9.17) is 4.74 Å². The van der Waals surface area contributed by atoms with Gasteiger partial charge in [0.05, 0.1) is 11.5 Å². The van der Waals surface area contributed by atoms with E-state index in [-0.39, 0.29) is 5.41 Å². The van der Waals surface area contributed by atoms with Crippen molar-refractivity contribution >= 4 is 17.6 Å². The highest BCUT2D eigenvalue weighted by Crippen LogP contribution is 2.39. The minimum absolute atomic E-state index is 0.315. The molecule has 1 aromatic rings. The van der Waals surface area contributed by atoms with E-state index in [0.717, 1.165) is 52.1 Å². The topological polar surface area (TPSA) is 51.9 Å². The van der Waals surface area contributed by atoms with Crippen LogP contribution in [0.5, 0.6) is 0 Å². The molecule has 0 spiro atoms. The summed E-state index contributed by atoms with van der Waals surface area (Å²) in [5.41, 5.74) is -0.356. The average molecular weight is 429 g/mol. The van der Waals surface area contributed by atoms with Gasteiger partial charge in [-0.3, -0.25) is 4.90 Å². The highest BCUT2D eigenvalue weighted by atomic mass is 32.1. The molecule has 2 rings (SSSR count). The fourth-order valence-electron chi connectivity index (χ4n) is 3.92. The van der Waals surface area contributed by atoms with Gasteiger partial charge in [0.2, 0.25) is 5.88 Å². The van der Waals surface area contributed by atoms with Gasteiger partial charge in [-0.25, -0.2) is 4.99 Å². The predicted molar refractivity (Wildman–Crippen MR) is 127 cm³/mol. The molecule has 1 atom stereocenters. The van der Waals surface area contributed by atoms with Crippen LogP contribution in [0.2, 0.25) is 0 Å². The van der Waals surface area contributed by atoms with Gasteiger partial charge in [0.25, 0.3) is 0 Å². The van der Waals surface area contributed by atoms with Crippen LogP contribution in [0.15, 0.2) is 47.1 Å². The predicted octanol–water partition coefficient (Wildman–Crippen LogP) is 4.70. The van der Waals surface area contributed by atoms with Crippen molar-refractivity contribution in [1.82, 2.24) is 9.80 Å². The summed E-state index contributed by atoms with van der Waals surface area (Å²) < 4.78 is 5.73. The number of hydrogen-bond acceptors (Lipinski definition) is 6. The van der Waals surface area contributed by atoms with Crippen LogP contribution in [0.1, 0.15) is 38.5 Å². The van der Waals surface area contributed by atoms with Crippen molar-refractivity contribution in [1.29, 1.82) is 5.26 Å². The number of nitriles is 1. The lowest BCUT2D eigenvalue weighted by Crippen LogP contribution is -2.47. The normalized spacial score (nSPS) is 18.4. The van der Waals surface area contributed by atoms with Crippen LogP contribution in [-0.2, 0) is 10.2 Å². The Hall–Kier alpha value is -1.94. The monoisotopic (exact) mass is 428 g/mol. The summed E-state index contributed by atoms with van der Waals surface area (Å²) in [6.45, 7) is 16.8. The molecule has 1 fully saturated rings. The van der Waals surface area contributed by atoms with Gasteiger partial charge in [0.15, 0.2) is 0 Å². The second kappa shape index (κ2) is 12.7. The molecule has 1 aliphatic rings. The van der Waals surface area contributed by atoms with E-state index in [0.29, 0.717) is 18.4 Å². The molecule has 1 unspecified atom stereocenters. The summed E-state index contributed by atoms with van der Waals surface area (Å²) in [7, 11) is 0. The fourth-order valence-corrected chi connectivity index (χ4v) is 4.98. The van der Waals surface area contributed by atoms with Crippen LogP contribution in [-0.4, -0.2) is 61.9 Å². The van der Waals surface area contributed by atoms with Crippen LogP contribution in [0.4, 0.5) is 0 Å². The van der Waals surface area contributed by atoms with E-state index < -0.39 is 0 Å². The van der Waals surface area contributed by atoms with Crippen molar-refractivity contribution in [3.63, 3.8) is 0 Å². The zero-order valence-corrected chi connectivity index (χ0v) is 19.5. The smallest absolute Gasteiger partial charge is 0.212 e. The Kier molecular flexibility index (Phi) is 10.3. The molecule has 6 heteroatoms. The lowest BCUT2D eigenvalue weighted by molar-refractivity contribution is 0.0986. The van der Waals surface area contributed by atoms with Gasteiger partial charge in [-0.2, -0.15) is 5.26 Å². The summed E-state index contributed by atoms with van der Waals surface area (Å²) in [6.07, 6.45) is 7.18. The Morgan fingerprint density at radius 1 is 1.33 bits per heavy atom. The maximum atomic E-state index is 9.99. The lowest BCUT2D eigenvalue weighted by Gasteiger charge is -2.35. The number of aliphatic imine (C=N–C) groups is 1. The summed E-state index contributed by atoms with van der Waals surface area (Å²) in [6, 6.07) is 6.84. The third kappa shape index (κ3) is 6.80. The van der Waals surface area contributed by atoms with Crippen LogP contribution in [0, 0.1) is 17.2 Å². The maximum absolute atomic E-state index is 9.99. The Balaban J connectivity index is 1.73. The number of nitrogens with zero attached hydrogens (tertiary/aromatic N) is 4. The molecule has 0 aliphatic carbocycles. The Morgan fingerprint density at radius 2 is 2.03 bits per heavy atom. The van der Waals surface area contributed by atoms with Crippen molar-refractivity contribution in [2.75, 3.05) is 45.9 Å². The molecule has 0 bridgehead atoms. The summed E-state index contributed by atoms with van der Waals surface area (Å²) in [4.78, 5) is 10.4. The molecule has 0 saturated carbocycles. The SMILES string of the molecule is C=C/C=C(\N=C\C)OCCN1CCN(CCCC(C#N)(c2cccs2)C(C)C)CC1. The molecular weight excluding hydrogens is 392 g/mol. The van der Waals surface area contributed by atoms with Crippen molar-refractivity contribution in [2.45, 2.75) is 39.0 Å². The summed E-state index contributed by atoms with van der Waals surface area (Å²) in [5.74, 6) is 0.929. The summed E-state index contributed by atoms with van der Waals surface area (Å²) >= 11 is 1.71.